The van der Waals surface area contributed by atoms with Crippen molar-refractivity contribution in [3.8, 4) is 17.2 Å². The molecule has 0 radical (unpaired) electrons. The Kier molecular flexibility index (Phi) is 7.24. The Hall–Kier alpha value is -3.09. The van der Waals surface area contributed by atoms with Gasteiger partial charge in [-0.2, -0.15) is 0 Å². The minimum atomic E-state index is 0.00340. The first-order valence-corrected chi connectivity index (χ1v) is 11.0. The van der Waals surface area contributed by atoms with Crippen LogP contribution in [-0.2, 0) is 6.61 Å². The van der Waals surface area contributed by atoms with E-state index in [0.29, 0.717) is 23.9 Å². The van der Waals surface area contributed by atoms with Crippen molar-refractivity contribution in [2.45, 2.75) is 19.6 Å². The molecular weight excluding hydrogens is 402 g/mol. The Balaban J connectivity index is 1.71. The smallest absolute Gasteiger partial charge is 0.203 e. The summed E-state index contributed by atoms with van der Waals surface area (Å²) >= 11 is 0. The highest BCUT2D eigenvalue weighted by molar-refractivity contribution is 5.55. The van der Waals surface area contributed by atoms with E-state index in [1.807, 2.05) is 36.5 Å². The number of nitrogens with zero attached hydrogens (tertiary/aromatic N) is 2. The highest BCUT2D eigenvalue weighted by Crippen LogP contribution is 2.42. The number of methoxy groups -OCH3 is 2. The number of rotatable bonds is 8. The van der Waals surface area contributed by atoms with Crippen molar-refractivity contribution in [3.63, 3.8) is 0 Å². The second-order valence-corrected chi connectivity index (χ2v) is 7.98. The molecule has 0 bridgehead atoms. The van der Waals surface area contributed by atoms with Crippen molar-refractivity contribution in [2.75, 3.05) is 40.4 Å². The van der Waals surface area contributed by atoms with E-state index in [0.717, 1.165) is 48.6 Å². The van der Waals surface area contributed by atoms with Crippen molar-refractivity contribution in [2.24, 2.45) is 0 Å². The molecule has 3 aromatic rings. The van der Waals surface area contributed by atoms with E-state index in [1.54, 1.807) is 14.2 Å². The molecule has 0 spiro atoms. The van der Waals surface area contributed by atoms with Gasteiger partial charge in [0.1, 0.15) is 6.61 Å². The number of ether oxygens (including phenoxy) is 3. The Morgan fingerprint density at radius 2 is 1.66 bits per heavy atom. The normalized spacial score (nSPS) is 15.2. The first kappa shape index (κ1) is 22.1. The summed E-state index contributed by atoms with van der Waals surface area (Å²) in [6.07, 6.45) is 1.93. The van der Waals surface area contributed by atoms with Crippen LogP contribution < -0.4 is 19.5 Å². The van der Waals surface area contributed by atoms with Crippen molar-refractivity contribution in [3.05, 3.63) is 83.2 Å². The molecule has 1 fully saturated rings. The molecule has 1 saturated heterocycles. The van der Waals surface area contributed by atoms with E-state index in [9.17, 15) is 0 Å². The molecule has 1 atom stereocenters. The number of hydrogen-bond acceptors (Lipinski definition) is 6. The van der Waals surface area contributed by atoms with Crippen LogP contribution >= 0.6 is 0 Å². The summed E-state index contributed by atoms with van der Waals surface area (Å²) in [5.41, 5.74) is 4.32. The average Bonchev–Trinajstić information content (AvgIpc) is 2.85. The summed E-state index contributed by atoms with van der Waals surface area (Å²) in [6, 6.07) is 18.4. The van der Waals surface area contributed by atoms with Crippen molar-refractivity contribution < 1.29 is 14.2 Å². The minimum Gasteiger partial charge on any atom is -0.493 e. The maximum absolute atomic E-state index is 6.15. The topological polar surface area (TPSA) is 55.9 Å². The fourth-order valence-electron chi connectivity index (χ4n) is 4.08. The lowest BCUT2D eigenvalue weighted by Gasteiger charge is -2.35. The zero-order valence-electron chi connectivity index (χ0n) is 19.0. The van der Waals surface area contributed by atoms with Gasteiger partial charge in [-0.05, 0) is 41.8 Å². The van der Waals surface area contributed by atoms with Gasteiger partial charge in [-0.3, -0.25) is 9.88 Å². The number of aromatic nitrogens is 1. The van der Waals surface area contributed by atoms with E-state index >= 15 is 0 Å². The van der Waals surface area contributed by atoms with Crippen LogP contribution in [0.25, 0.3) is 0 Å². The number of aryl methyl sites for hydroxylation is 1. The predicted molar refractivity (Wildman–Crippen MR) is 126 cm³/mol. The van der Waals surface area contributed by atoms with Crippen LogP contribution in [0.1, 0.15) is 28.4 Å². The zero-order chi connectivity index (χ0) is 22.3. The predicted octanol–water partition coefficient (Wildman–Crippen LogP) is 3.98. The Bertz CT molecular complexity index is 978. The van der Waals surface area contributed by atoms with Crippen LogP contribution in [0.4, 0.5) is 0 Å². The van der Waals surface area contributed by atoms with Gasteiger partial charge in [0, 0.05) is 32.4 Å². The van der Waals surface area contributed by atoms with Crippen LogP contribution in [0.3, 0.4) is 0 Å². The molecule has 1 aromatic heterocycles. The summed E-state index contributed by atoms with van der Waals surface area (Å²) in [5.74, 6) is 1.92. The standard InChI is InChI=1S/C26H31N3O3/c1-19-9-10-22(28-17-19)25(29-13-11-27-12-14-29)21-15-23(30-2)26(24(16-21)31-3)32-18-20-7-5-4-6-8-20/h4-10,15-17,25,27H,11-14,18H2,1-3H3. The first-order valence-electron chi connectivity index (χ1n) is 11.0. The summed E-state index contributed by atoms with van der Waals surface area (Å²) in [6.45, 7) is 6.28. The zero-order valence-corrected chi connectivity index (χ0v) is 19.0. The first-order chi connectivity index (χ1) is 15.7. The molecule has 6 heteroatoms. The molecule has 4 rings (SSSR count). The lowest BCUT2D eigenvalue weighted by atomic mass is 9.99. The largest absolute Gasteiger partial charge is 0.493 e. The van der Waals surface area contributed by atoms with Crippen LogP contribution in [-0.4, -0.2) is 50.3 Å². The van der Waals surface area contributed by atoms with E-state index < -0.39 is 0 Å². The molecule has 1 aliphatic heterocycles. The fraction of sp³-hybridized carbons (Fsp3) is 0.346. The van der Waals surface area contributed by atoms with Crippen molar-refractivity contribution >= 4 is 0 Å². The number of piperazine rings is 1. The molecule has 0 saturated carbocycles. The SMILES string of the molecule is COc1cc(C(c2ccc(C)cn2)N2CCNCC2)cc(OC)c1OCc1ccccc1. The minimum absolute atomic E-state index is 0.00340. The third-order valence-electron chi connectivity index (χ3n) is 5.76. The maximum Gasteiger partial charge on any atom is 0.203 e. The molecule has 0 aliphatic carbocycles. The van der Waals surface area contributed by atoms with E-state index in [-0.39, 0.29) is 6.04 Å². The number of hydrogen-bond donors (Lipinski definition) is 1. The molecule has 1 aliphatic rings. The summed E-state index contributed by atoms with van der Waals surface area (Å²) in [7, 11) is 3.33. The number of benzene rings is 2. The monoisotopic (exact) mass is 433 g/mol. The Morgan fingerprint density at radius 1 is 0.969 bits per heavy atom. The maximum atomic E-state index is 6.15. The van der Waals surface area contributed by atoms with Gasteiger partial charge in [0.2, 0.25) is 5.75 Å². The molecule has 1 unspecified atom stereocenters. The van der Waals surface area contributed by atoms with Gasteiger partial charge in [0.25, 0.3) is 0 Å². The summed E-state index contributed by atoms with van der Waals surface area (Å²) in [4.78, 5) is 7.22. The van der Waals surface area contributed by atoms with Gasteiger partial charge in [-0.15, -0.1) is 0 Å². The fourth-order valence-corrected chi connectivity index (χ4v) is 4.08. The van der Waals surface area contributed by atoms with E-state index in [1.165, 1.54) is 0 Å². The molecule has 2 aromatic carbocycles. The average molecular weight is 434 g/mol. The third kappa shape index (κ3) is 5.03. The van der Waals surface area contributed by atoms with Crippen molar-refractivity contribution in [1.29, 1.82) is 0 Å². The Morgan fingerprint density at radius 3 is 2.25 bits per heavy atom. The second kappa shape index (κ2) is 10.5. The van der Waals surface area contributed by atoms with Gasteiger partial charge in [0.15, 0.2) is 11.5 Å². The molecule has 6 nitrogen and oxygen atoms in total. The van der Waals surface area contributed by atoms with Crippen LogP contribution in [0.15, 0.2) is 60.8 Å². The lowest BCUT2D eigenvalue weighted by Crippen LogP contribution is -2.45. The van der Waals surface area contributed by atoms with Crippen molar-refractivity contribution in [1.82, 2.24) is 15.2 Å². The Labute approximate surface area is 190 Å². The summed E-state index contributed by atoms with van der Waals surface area (Å²) < 4.78 is 17.7. The van der Waals surface area contributed by atoms with E-state index in [2.05, 4.69) is 41.4 Å². The molecule has 1 N–H and O–H groups in total. The number of pyridine rings is 1. The summed E-state index contributed by atoms with van der Waals surface area (Å²) in [5, 5.41) is 3.44. The van der Waals surface area contributed by atoms with Gasteiger partial charge in [-0.25, -0.2) is 0 Å². The van der Waals surface area contributed by atoms with Crippen LogP contribution in [0, 0.1) is 6.92 Å². The highest BCUT2D eigenvalue weighted by Gasteiger charge is 2.27. The lowest BCUT2D eigenvalue weighted by molar-refractivity contribution is 0.194. The van der Waals surface area contributed by atoms with Crippen LogP contribution in [0.5, 0.6) is 17.2 Å². The highest BCUT2D eigenvalue weighted by atomic mass is 16.5. The van der Waals surface area contributed by atoms with E-state index in [4.69, 9.17) is 19.2 Å². The van der Waals surface area contributed by atoms with Gasteiger partial charge in [-0.1, -0.05) is 36.4 Å². The van der Waals surface area contributed by atoms with Gasteiger partial charge in [0.05, 0.1) is 26.0 Å². The third-order valence-corrected chi connectivity index (χ3v) is 5.76. The number of nitrogens with one attached hydrogen (secondary N) is 1. The van der Waals surface area contributed by atoms with Gasteiger partial charge >= 0.3 is 0 Å². The molecule has 168 valence electrons. The molecular formula is C26H31N3O3. The second-order valence-electron chi connectivity index (χ2n) is 7.98. The molecule has 2 heterocycles. The molecule has 32 heavy (non-hydrogen) atoms. The quantitative estimate of drug-likeness (QED) is 0.580. The van der Waals surface area contributed by atoms with Gasteiger partial charge < -0.3 is 19.5 Å². The van der Waals surface area contributed by atoms with Crippen LogP contribution in [0.2, 0.25) is 0 Å². The molecule has 0 amide bonds.